The van der Waals surface area contributed by atoms with Gasteiger partial charge in [-0.25, -0.2) is 13.2 Å². The molecule has 1 aliphatic heterocycles. The first-order valence-corrected chi connectivity index (χ1v) is 8.35. The van der Waals surface area contributed by atoms with E-state index in [1.165, 1.54) is 28.6 Å². The normalized spacial score (nSPS) is 15.9. The van der Waals surface area contributed by atoms with Crippen molar-refractivity contribution in [3.63, 3.8) is 0 Å². The van der Waals surface area contributed by atoms with Crippen LogP contribution in [0, 0.1) is 11.3 Å². The van der Waals surface area contributed by atoms with Gasteiger partial charge in [-0.2, -0.15) is 14.7 Å². The maximum absolute atomic E-state index is 12.4. The first kappa shape index (κ1) is 16.9. The van der Waals surface area contributed by atoms with E-state index in [1.54, 1.807) is 6.07 Å². The largest absolute Gasteiger partial charge is 0.464 e. The van der Waals surface area contributed by atoms with Crippen LogP contribution in [0.15, 0.2) is 34.3 Å². The van der Waals surface area contributed by atoms with E-state index < -0.39 is 21.7 Å². The van der Waals surface area contributed by atoms with Crippen LogP contribution in [0.3, 0.4) is 0 Å². The summed E-state index contributed by atoms with van der Waals surface area (Å²) in [6.45, 7) is 1.08. The monoisotopic (exact) mass is 336 g/mol. The quantitative estimate of drug-likeness (QED) is 0.486. The average Bonchev–Trinajstić information content (AvgIpc) is 3.11. The average molecular weight is 336 g/mol. The highest BCUT2D eigenvalue weighted by Crippen LogP contribution is 2.22. The van der Waals surface area contributed by atoms with E-state index in [4.69, 9.17) is 5.26 Å². The van der Waals surface area contributed by atoms with E-state index in [1.807, 2.05) is 0 Å². The molecule has 0 bridgehead atoms. The number of hydrogen-bond acceptors (Lipinski definition) is 7. The van der Waals surface area contributed by atoms with Crippen LogP contribution < -0.4 is 5.43 Å². The van der Waals surface area contributed by atoms with Gasteiger partial charge in [-0.15, -0.1) is 0 Å². The lowest BCUT2D eigenvalue weighted by Crippen LogP contribution is -2.27. The number of ether oxygens (including phenoxy) is 1. The lowest BCUT2D eigenvalue weighted by Gasteiger charge is -2.15. The number of esters is 1. The van der Waals surface area contributed by atoms with Gasteiger partial charge in [-0.3, -0.25) is 5.43 Å². The van der Waals surface area contributed by atoms with Crippen molar-refractivity contribution in [2.45, 2.75) is 17.7 Å². The number of sulfonamides is 1. The third-order valence-corrected chi connectivity index (χ3v) is 5.25. The zero-order valence-corrected chi connectivity index (χ0v) is 13.3. The Labute approximate surface area is 134 Å². The zero-order valence-electron chi connectivity index (χ0n) is 12.5. The number of nitrogens with zero attached hydrogens (tertiary/aromatic N) is 3. The summed E-state index contributed by atoms with van der Waals surface area (Å²) in [5, 5.41) is 12.4. The molecule has 0 aromatic heterocycles. The summed E-state index contributed by atoms with van der Waals surface area (Å²) in [5.41, 5.74) is 2.53. The van der Waals surface area contributed by atoms with E-state index in [0.717, 1.165) is 20.0 Å². The second-order valence-electron chi connectivity index (χ2n) is 4.81. The molecule has 0 amide bonds. The fourth-order valence-corrected chi connectivity index (χ4v) is 3.63. The Hall–Kier alpha value is -2.44. The molecule has 0 aliphatic carbocycles. The van der Waals surface area contributed by atoms with Gasteiger partial charge in [0.15, 0.2) is 0 Å². The van der Waals surface area contributed by atoms with Gasteiger partial charge in [0.2, 0.25) is 15.7 Å². The molecule has 1 fully saturated rings. The van der Waals surface area contributed by atoms with Crippen LogP contribution in [-0.2, 0) is 19.6 Å². The highest BCUT2D eigenvalue weighted by atomic mass is 32.2. The van der Waals surface area contributed by atoms with Gasteiger partial charge >= 0.3 is 5.97 Å². The SMILES string of the molecule is COC(=O)/C(C#N)=N\Nc1ccc(S(=O)(=O)N2CCCC2)cc1. The standard InChI is InChI=1S/C14H16N4O4S/c1-22-14(19)13(10-15)17-16-11-4-6-12(7-5-11)23(20,21)18-8-2-3-9-18/h4-7,16H,2-3,8-9H2,1H3/b17-13-. The third-order valence-electron chi connectivity index (χ3n) is 3.34. The highest BCUT2D eigenvalue weighted by molar-refractivity contribution is 7.89. The zero-order chi connectivity index (χ0) is 16.9. The summed E-state index contributed by atoms with van der Waals surface area (Å²) in [7, 11) is -2.32. The highest BCUT2D eigenvalue weighted by Gasteiger charge is 2.26. The topological polar surface area (TPSA) is 112 Å². The number of hydrazone groups is 1. The molecular weight excluding hydrogens is 320 g/mol. The Morgan fingerprint density at radius 2 is 1.91 bits per heavy atom. The van der Waals surface area contributed by atoms with Crippen LogP contribution >= 0.6 is 0 Å². The van der Waals surface area contributed by atoms with E-state index in [2.05, 4.69) is 15.3 Å². The fraction of sp³-hybridized carbons (Fsp3) is 0.357. The molecule has 8 nitrogen and oxygen atoms in total. The van der Waals surface area contributed by atoms with Crippen LogP contribution in [-0.4, -0.2) is 44.6 Å². The van der Waals surface area contributed by atoms with Gasteiger partial charge in [0, 0.05) is 13.1 Å². The molecule has 2 rings (SSSR count). The van der Waals surface area contributed by atoms with Crippen LogP contribution in [0.2, 0.25) is 0 Å². The number of nitriles is 1. The minimum absolute atomic E-state index is 0.197. The van der Waals surface area contributed by atoms with Crippen molar-refractivity contribution < 1.29 is 17.9 Å². The minimum atomic E-state index is -3.47. The summed E-state index contributed by atoms with van der Waals surface area (Å²) in [4.78, 5) is 11.4. The molecule has 0 saturated carbocycles. The Kier molecular flexibility index (Phi) is 5.31. The Morgan fingerprint density at radius 1 is 1.30 bits per heavy atom. The Balaban J connectivity index is 2.12. The third kappa shape index (κ3) is 3.85. The summed E-state index contributed by atoms with van der Waals surface area (Å²) in [5.74, 6) is -0.853. The summed E-state index contributed by atoms with van der Waals surface area (Å²) < 4.78 is 30.6. The first-order chi connectivity index (χ1) is 11.0. The second-order valence-corrected chi connectivity index (χ2v) is 6.75. The summed E-state index contributed by atoms with van der Waals surface area (Å²) >= 11 is 0. The number of carbonyl (C=O) groups is 1. The van der Waals surface area contributed by atoms with E-state index >= 15 is 0 Å². The van der Waals surface area contributed by atoms with Gasteiger partial charge < -0.3 is 4.74 Å². The molecule has 1 saturated heterocycles. The number of methoxy groups -OCH3 is 1. The van der Waals surface area contributed by atoms with E-state index in [9.17, 15) is 13.2 Å². The van der Waals surface area contributed by atoms with Gasteiger partial charge in [0.1, 0.15) is 6.07 Å². The van der Waals surface area contributed by atoms with Crippen molar-refractivity contribution >= 4 is 27.4 Å². The first-order valence-electron chi connectivity index (χ1n) is 6.91. The molecule has 1 N–H and O–H groups in total. The number of hydrogen-bond donors (Lipinski definition) is 1. The molecular formula is C14H16N4O4S. The van der Waals surface area contributed by atoms with Crippen molar-refractivity contribution in [3.8, 4) is 6.07 Å². The van der Waals surface area contributed by atoms with Crippen molar-refractivity contribution in [1.29, 1.82) is 5.26 Å². The van der Waals surface area contributed by atoms with Crippen LogP contribution in [0.1, 0.15) is 12.8 Å². The molecule has 0 radical (unpaired) electrons. The van der Waals surface area contributed by atoms with Crippen LogP contribution in [0.4, 0.5) is 5.69 Å². The summed E-state index contributed by atoms with van der Waals surface area (Å²) in [6.07, 6.45) is 1.75. The molecule has 1 aliphatic rings. The lowest BCUT2D eigenvalue weighted by molar-refractivity contribution is -0.132. The molecule has 0 spiro atoms. The number of benzene rings is 1. The summed E-state index contributed by atoms with van der Waals surface area (Å²) in [6, 6.07) is 7.54. The smallest absolute Gasteiger partial charge is 0.369 e. The molecule has 0 unspecified atom stereocenters. The predicted octanol–water partition coefficient (Wildman–Crippen LogP) is 0.936. The number of anilines is 1. The van der Waals surface area contributed by atoms with Gasteiger partial charge in [-0.1, -0.05) is 0 Å². The number of carbonyl (C=O) groups excluding carboxylic acids is 1. The molecule has 1 heterocycles. The molecule has 9 heteroatoms. The molecule has 122 valence electrons. The van der Waals surface area contributed by atoms with Crippen LogP contribution in [0.5, 0.6) is 0 Å². The Bertz CT molecular complexity index is 744. The minimum Gasteiger partial charge on any atom is -0.464 e. The van der Waals surface area contributed by atoms with Gasteiger partial charge in [0.25, 0.3) is 0 Å². The number of nitrogens with one attached hydrogen (secondary N) is 1. The maximum Gasteiger partial charge on any atom is 0.369 e. The van der Waals surface area contributed by atoms with E-state index in [0.29, 0.717) is 18.8 Å². The molecule has 23 heavy (non-hydrogen) atoms. The Morgan fingerprint density at radius 3 is 2.43 bits per heavy atom. The predicted molar refractivity (Wildman–Crippen MR) is 83.1 cm³/mol. The van der Waals surface area contributed by atoms with Crippen molar-refractivity contribution in [2.75, 3.05) is 25.6 Å². The molecule has 1 aromatic rings. The van der Waals surface area contributed by atoms with Gasteiger partial charge in [-0.05, 0) is 37.1 Å². The van der Waals surface area contributed by atoms with E-state index in [-0.39, 0.29) is 4.90 Å². The lowest BCUT2D eigenvalue weighted by atomic mass is 10.3. The molecule has 1 aromatic carbocycles. The van der Waals surface area contributed by atoms with Crippen molar-refractivity contribution in [1.82, 2.24) is 4.31 Å². The number of rotatable bonds is 5. The van der Waals surface area contributed by atoms with Crippen LogP contribution in [0.25, 0.3) is 0 Å². The second kappa shape index (κ2) is 7.21. The fourth-order valence-electron chi connectivity index (χ4n) is 2.11. The molecule has 0 atom stereocenters. The van der Waals surface area contributed by atoms with Crippen molar-refractivity contribution in [2.24, 2.45) is 5.10 Å². The van der Waals surface area contributed by atoms with Gasteiger partial charge in [0.05, 0.1) is 17.7 Å². The van der Waals surface area contributed by atoms with Crippen molar-refractivity contribution in [3.05, 3.63) is 24.3 Å². The maximum atomic E-state index is 12.4.